The van der Waals surface area contributed by atoms with E-state index in [4.69, 9.17) is 0 Å². The Morgan fingerprint density at radius 3 is 2.44 bits per heavy atom. The maximum atomic E-state index is 4.58. The van der Waals surface area contributed by atoms with Gasteiger partial charge in [0.15, 0.2) is 0 Å². The number of para-hydroxylation sites is 1. The van der Waals surface area contributed by atoms with Crippen LogP contribution in [0.4, 0.5) is 5.69 Å². The van der Waals surface area contributed by atoms with Crippen LogP contribution >= 0.6 is 0 Å². The smallest absolute Gasteiger partial charge is 0.0543 e. The lowest BCUT2D eigenvalue weighted by Crippen LogP contribution is -2.43. The molecule has 1 aromatic heterocycles. The van der Waals surface area contributed by atoms with Crippen molar-refractivity contribution in [3.05, 3.63) is 123 Å². The number of aromatic nitrogens is 1. The Morgan fingerprint density at radius 1 is 0.846 bits per heavy atom. The third-order valence-electron chi connectivity index (χ3n) is 10.3. The van der Waals surface area contributed by atoms with E-state index in [-0.39, 0.29) is 10.8 Å². The molecule has 0 N–H and O–H groups in total. The second-order valence-electron chi connectivity index (χ2n) is 13.0. The largest absolute Gasteiger partial charge is 0.310 e. The highest BCUT2D eigenvalue weighted by Gasteiger charge is 2.47. The molecule has 5 aliphatic rings. The molecule has 8 rings (SSSR count). The van der Waals surface area contributed by atoms with Gasteiger partial charge in [-0.15, -0.1) is 0 Å². The minimum Gasteiger partial charge on any atom is -0.310 e. The molecule has 3 heterocycles. The Labute approximate surface area is 232 Å². The van der Waals surface area contributed by atoms with Gasteiger partial charge in [-0.2, -0.15) is 0 Å². The highest BCUT2D eigenvalue weighted by atomic mass is 15.2. The molecule has 0 bridgehead atoms. The van der Waals surface area contributed by atoms with Crippen molar-refractivity contribution in [2.24, 2.45) is 0 Å². The highest BCUT2D eigenvalue weighted by Crippen LogP contribution is 2.59. The van der Waals surface area contributed by atoms with Crippen LogP contribution in [0.2, 0.25) is 0 Å². The zero-order valence-corrected chi connectivity index (χ0v) is 23.5. The van der Waals surface area contributed by atoms with Gasteiger partial charge >= 0.3 is 0 Å². The quantitative estimate of drug-likeness (QED) is 0.326. The summed E-state index contributed by atoms with van der Waals surface area (Å²) in [5.41, 5.74) is 14.7. The molecule has 2 aromatic carbocycles. The number of hydrogen-bond donors (Lipinski definition) is 0. The lowest BCUT2D eigenvalue weighted by atomic mass is 9.63. The van der Waals surface area contributed by atoms with Crippen LogP contribution in [0.1, 0.15) is 87.1 Å². The Bertz CT molecular complexity index is 1740. The first kappa shape index (κ1) is 23.3. The maximum Gasteiger partial charge on any atom is 0.0543 e. The summed E-state index contributed by atoms with van der Waals surface area (Å²) >= 11 is 0. The van der Waals surface area contributed by atoms with E-state index in [2.05, 4.69) is 111 Å². The van der Waals surface area contributed by atoms with Gasteiger partial charge in [0.25, 0.3) is 0 Å². The molecule has 1 unspecified atom stereocenters. The maximum absolute atomic E-state index is 4.58. The van der Waals surface area contributed by atoms with E-state index in [1.165, 1.54) is 55.7 Å². The molecule has 0 fully saturated rings. The number of benzene rings is 2. The van der Waals surface area contributed by atoms with Gasteiger partial charge in [-0.05, 0) is 101 Å². The van der Waals surface area contributed by atoms with Gasteiger partial charge < -0.3 is 4.90 Å². The molecule has 194 valence electrons. The molecule has 0 saturated carbocycles. The zero-order valence-electron chi connectivity index (χ0n) is 23.5. The lowest BCUT2D eigenvalue weighted by molar-refractivity contribution is 0.526. The van der Waals surface area contributed by atoms with E-state index in [1.807, 2.05) is 6.20 Å². The molecule has 0 radical (unpaired) electrons. The SMILES string of the molecule is CC1(C)C2=C(C=CCC2)N2C3=C(CC(c4c5c(cc6ccncc46)C=CCC5)C=C3)C(C)(C)c3cccc1c32. The van der Waals surface area contributed by atoms with Gasteiger partial charge in [0, 0.05) is 45.9 Å². The molecular formula is C37H36N2. The fraction of sp³-hybridized carbons (Fsp3) is 0.324. The van der Waals surface area contributed by atoms with Crippen LogP contribution in [0, 0.1) is 0 Å². The normalized spacial score (nSPS) is 23.5. The van der Waals surface area contributed by atoms with Crippen molar-refractivity contribution in [2.45, 2.75) is 76.5 Å². The summed E-state index contributed by atoms with van der Waals surface area (Å²) in [7, 11) is 0. The molecular weight excluding hydrogens is 472 g/mol. The monoisotopic (exact) mass is 508 g/mol. The number of pyridine rings is 1. The summed E-state index contributed by atoms with van der Waals surface area (Å²) in [6.07, 6.45) is 24.0. The zero-order chi connectivity index (χ0) is 26.5. The third-order valence-corrected chi connectivity index (χ3v) is 10.3. The van der Waals surface area contributed by atoms with Gasteiger partial charge in [-0.25, -0.2) is 0 Å². The van der Waals surface area contributed by atoms with Crippen molar-refractivity contribution < 1.29 is 0 Å². The minimum atomic E-state index is -0.0461. The first-order valence-corrected chi connectivity index (χ1v) is 14.7. The highest BCUT2D eigenvalue weighted by molar-refractivity contribution is 5.90. The summed E-state index contributed by atoms with van der Waals surface area (Å²) in [4.78, 5) is 7.22. The van der Waals surface area contributed by atoms with E-state index in [9.17, 15) is 0 Å². The minimum absolute atomic E-state index is 0.0412. The summed E-state index contributed by atoms with van der Waals surface area (Å²) in [6.45, 7) is 9.79. The predicted molar refractivity (Wildman–Crippen MR) is 163 cm³/mol. The van der Waals surface area contributed by atoms with Crippen LogP contribution in [0.3, 0.4) is 0 Å². The average molecular weight is 509 g/mol. The Morgan fingerprint density at radius 2 is 1.59 bits per heavy atom. The molecule has 2 aliphatic heterocycles. The van der Waals surface area contributed by atoms with E-state index in [1.54, 1.807) is 11.1 Å². The van der Waals surface area contributed by atoms with Crippen molar-refractivity contribution >= 4 is 22.5 Å². The van der Waals surface area contributed by atoms with Gasteiger partial charge in [0.2, 0.25) is 0 Å². The number of anilines is 1. The van der Waals surface area contributed by atoms with E-state index in [0.29, 0.717) is 5.92 Å². The van der Waals surface area contributed by atoms with Gasteiger partial charge in [0.05, 0.1) is 5.69 Å². The van der Waals surface area contributed by atoms with Crippen molar-refractivity contribution in [2.75, 3.05) is 4.90 Å². The number of nitrogens with zero attached hydrogens (tertiary/aromatic N) is 2. The second-order valence-corrected chi connectivity index (χ2v) is 13.0. The molecule has 3 aliphatic carbocycles. The van der Waals surface area contributed by atoms with Crippen LogP contribution in [0.15, 0.2) is 95.6 Å². The summed E-state index contributed by atoms with van der Waals surface area (Å²) in [5, 5.41) is 2.62. The lowest BCUT2D eigenvalue weighted by Gasteiger charge is -2.52. The van der Waals surface area contributed by atoms with Crippen molar-refractivity contribution in [1.29, 1.82) is 0 Å². The molecule has 0 saturated heterocycles. The fourth-order valence-corrected chi connectivity index (χ4v) is 8.28. The number of rotatable bonds is 1. The summed E-state index contributed by atoms with van der Waals surface area (Å²) in [5.74, 6) is 0.345. The Kier molecular flexibility index (Phi) is 4.74. The predicted octanol–water partition coefficient (Wildman–Crippen LogP) is 9.18. The molecule has 3 aromatic rings. The Balaban J connectivity index is 1.34. The van der Waals surface area contributed by atoms with Crippen LogP contribution in [0.5, 0.6) is 0 Å². The van der Waals surface area contributed by atoms with Crippen LogP contribution in [-0.2, 0) is 17.3 Å². The number of hydrogen-bond acceptors (Lipinski definition) is 2. The molecule has 1 atom stereocenters. The average Bonchev–Trinajstić information content (AvgIpc) is 2.95. The molecule has 0 spiro atoms. The van der Waals surface area contributed by atoms with Crippen molar-refractivity contribution in [3.63, 3.8) is 0 Å². The Hall–Kier alpha value is -3.65. The first-order chi connectivity index (χ1) is 18.9. The van der Waals surface area contributed by atoms with Gasteiger partial charge in [0.1, 0.15) is 0 Å². The number of fused-ring (bicyclic) bond motifs is 4. The van der Waals surface area contributed by atoms with Crippen LogP contribution in [0.25, 0.3) is 16.8 Å². The van der Waals surface area contributed by atoms with Crippen molar-refractivity contribution in [3.8, 4) is 0 Å². The van der Waals surface area contributed by atoms with E-state index < -0.39 is 0 Å². The fourth-order valence-electron chi connectivity index (χ4n) is 8.28. The molecule has 2 nitrogen and oxygen atoms in total. The molecule has 0 amide bonds. The van der Waals surface area contributed by atoms with Crippen LogP contribution in [-0.4, -0.2) is 4.98 Å². The summed E-state index contributed by atoms with van der Waals surface area (Å²) < 4.78 is 0. The summed E-state index contributed by atoms with van der Waals surface area (Å²) in [6, 6.07) is 11.6. The molecule has 2 heteroatoms. The topological polar surface area (TPSA) is 16.1 Å². The standard InChI is InChI=1S/C37H36N2/c1-36(2)28-12-7-8-15-32(28)39-33-17-16-25(21-31(33)37(3,4)30-14-9-13-29(36)35(30)39)34-26-11-6-5-10-23(26)20-24-18-19-38-22-27(24)34/h5,8-10,13-20,22,25H,6-7,11-12,21H2,1-4H3. The molecule has 39 heavy (non-hydrogen) atoms. The number of allylic oxidation sites excluding steroid dienone is 7. The first-order valence-electron chi connectivity index (χ1n) is 14.7. The van der Waals surface area contributed by atoms with Crippen molar-refractivity contribution in [1.82, 2.24) is 4.98 Å². The third kappa shape index (κ3) is 3.06. The van der Waals surface area contributed by atoms with Crippen LogP contribution < -0.4 is 4.90 Å². The van der Waals surface area contributed by atoms with Gasteiger partial charge in [-0.3, -0.25) is 4.98 Å². The van der Waals surface area contributed by atoms with E-state index in [0.717, 1.165) is 32.1 Å². The van der Waals surface area contributed by atoms with E-state index >= 15 is 0 Å². The second kappa shape index (κ2) is 7.94. The van der Waals surface area contributed by atoms with Gasteiger partial charge in [-0.1, -0.05) is 70.2 Å².